The summed E-state index contributed by atoms with van der Waals surface area (Å²) < 4.78 is 0. The van der Waals surface area contributed by atoms with Gasteiger partial charge >= 0.3 is 5.97 Å². The van der Waals surface area contributed by atoms with Crippen molar-refractivity contribution in [3.8, 4) is 11.3 Å². The van der Waals surface area contributed by atoms with Crippen LogP contribution in [-0.4, -0.2) is 21.3 Å². The highest BCUT2D eigenvalue weighted by atomic mass is 35.5. The topological polar surface area (TPSA) is 66.0 Å². The number of benzene rings is 1. The Hall–Kier alpha value is -1.81. The van der Waals surface area contributed by atoms with E-state index in [0.29, 0.717) is 17.0 Å². The van der Waals surface area contributed by atoms with Crippen LogP contribution in [0.3, 0.4) is 0 Å². The third-order valence-corrected chi connectivity index (χ3v) is 2.81. The molecule has 2 aromatic rings. The lowest BCUT2D eigenvalue weighted by atomic mass is 10.0. The summed E-state index contributed by atoms with van der Waals surface area (Å²) in [5, 5.41) is 16.2. The quantitative estimate of drug-likeness (QED) is 0.880. The van der Waals surface area contributed by atoms with Crippen molar-refractivity contribution in [1.82, 2.24) is 10.2 Å². The van der Waals surface area contributed by atoms with Crippen LogP contribution in [0.4, 0.5) is 0 Å². The molecule has 5 heteroatoms. The lowest BCUT2D eigenvalue weighted by Crippen LogP contribution is -2.00. The van der Waals surface area contributed by atoms with Gasteiger partial charge in [-0.05, 0) is 24.1 Å². The van der Waals surface area contributed by atoms with Crippen LogP contribution in [0.25, 0.3) is 11.3 Å². The fraction of sp³-hybridized carbons (Fsp3) is 0.167. The Morgan fingerprint density at radius 2 is 2.06 bits per heavy atom. The molecule has 0 spiro atoms. The molecule has 0 saturated heterocycles. The largest absolute Gasteiger partial charge is 0.476 e. The Balaban J connectivity index is 2.52. The van der Waals surface area contributed by atoms with Gasteiger partial charge in [0.15, 0.2) is 5.69 Å². The monoisotopic (exact) mass is 250 g/mol. The number of hydrogen-bond donors (Lipinski definition) is 2. The molecule has 0 saturated carbocycles. The van der Waals surface area contributed by atoms with Crippen molar-refractivity contribution in [3.05, 3.63) is 40.5 Å². The first kappa shape index (κ1) is 11.7. The number of rotatable bonds is 3. The maximum absolute atomic E-state index is 11.0. The molecule has 88 valence electrons. The molecule has 0 bridgehead atoms. The number of aromatic nitrogens is 2. The Labute approximate surface area is 103 Å². The standard InChI is InChI=1S/C12H11ClN2O2/c1-2-9-10(14-15-11(9)12(16)17)7-3-5-8(13)6-4-7/h3-6H,2H2,1H3,(H,14,15)(H,16,17). The molecule has 17 heavy (non-hydrogen) atoms. The van der Waals surface area contributed by atoms with E-state index in [-0.39, 0.29) is 5.69 Å². The molecule has 0 aliphatic rings. The minimum absolute atomic E-state index is 0.0810. The SMILES string of the molecule is CCc1c(C(=O)O)n[nH]c1-c1ccc(Cl)cc1. The van der Waals surface area contributed by atoms with Crippen molar-refractivity contribution in [1.29, 1.82) is 0 Å². The van der Waals surface area contributed by atoms with Gasteiger partial charge in [0.1, 0.15) is 0 Å². The number of carbonyl (C=O) groups is 1. The highest BCUT2D eigenvalue weighted by Gasteiger charge is 2.17. The zero-order valence-electron chi connectivity index (χ0n) is 9.20. The second-order valence-electron chi connectivity index (χ2n) is 3.59. The number of aromatic amines is 1. The minimum Gasteiger partial charge on any atom is -0.476 e. The van der Waals surface area contributed by atoms with Crippen molar-refractivity contribution in [2.75, 3.05) is 0 Å². The summed E-state index contributed by atoms with van der Waals surface area (Å²) in [5.74, 6) is -1.02. The van der Waals surface area contributed by atoms with Crippen LogP contribution in [0.1, 0.15) is 23.0 Å². The molecule has 0 aliphatic heterocycles. The van der Waals surface area contributed by atoms with Gasteiger partial charge in [0, 0.05) is 10.6 Å². The molecule has 0 fully saturated rings. The van der Waals surface area contributed by atoms with E-state index in [1.165, 1.54) is 0 Å². The summed E-state index contributed by atoms with van der Waals surface area (Å²) >= 11 is 5.81. The Bertz CT molecular complexity index is 546. The molecule has 1 heterocycles. The second-order valence-corrected chi connectivity index (χ2v) is 4.03. The zero-order valence-corrected chi connectivity index (χ0v) is 9.95. The van der Waals surface area contributed by atoms with Crippen LogP contribution in [0, 0.1) is 0 Å². The average Bonchev–Trinajstić information content (AvgIpc) is 2.73. The van der Waals surface area contributed by atoms with Crippen LogP contribution in [0.15, 0.2) is 24.3 Å². The number of hydrogen-bond acceptors (Lipinski definition) is 2. The summed E-state index contributed by atoms with van der Waals surface area (Å²) in [6.07, 6.45) is 0.607. The van der Waals surface area contributed by atoms with E-state index in [1.807, 2.05) is 19.1 Å². The first-order chi connectivity index (χ1) is 8.13. The zero-order chi connectivity index (χ0) is 12.4. The van der Waals surface area contributed by atoms with Gasteiger partial charge in [-0.1, -0.05) is 30.7 Å². The summed E-state index contributed by atoms with van der Waals surface area (Å²) in [6, 6.07) is 7.19. The fourth-order valence-corrected chi connectivity index (χ4v) is 1.87. The van der Waals surface area contributed by atoms with E-state index in [1.54, 1.807) is 12.1 Å². The third-order valence-electron chi connectivity index (χ3n) is 2.56. The van der Waals surface area contributed by atoms with Gasteiger partial charge in [0.2, 0.25) is 0 Å². The maximum atomic E-state index is 11.0. The van der Waals surface area contributed by atoms with Gasteiger partial charge < -0.3 is 5.11 Å². The van der Waals surface area contributed by atoms with Crippen molar-refractivity contribution < 1.29 is 9.90 Å². The van der Waals surface area contributed by atoms with E-state index in [9.17, 15) is 4.79 Å². The number of aromatic carboxylic acids is 1. The van der Waals surface area contributed by atoms with Crippen molar-refractivity contribution in [2.24, 2.45) is 0 Å². The van der Waals surface area contributed by atoms with E-state index < -0.39 is 5.97 Å². The smallest absolute Gasteiger partial charge is 0.356 e. The first-order valence-electron chi connectivity index (χ1n) is 5.20. The maximum Gasteiger partial charge on any atom is 0.356 e. The second kappa shape index (κ2) is 4.59. The van der Waals surface area contributed by atoms with Crippen molar-refractivity contribution in [3.63, 3.8) is 0 Å². The molecule has 4 nitrogen and oxygen atoms in total. The van der Waals surface area contributed by atoms with Crippen LogP contribution >= 0.6 is 11.6 Å². The average molecular weight is 251 g/mol. The van der Waals surface area contributed by atoms with Gasteiger partial charge in [-0.15, -0.1) is 0 Å². The number of nitrogens with one attached hydrogen (secondary N) is 1. The highest BCUT2D eigenvalue weighted by molar-refractivity contribution is 6.30. The molecule has 0 atom stereocenters. The third kappa shape index (κ3) is 2.17. The number of carboxylic acids is 1. The van der Waals surface area contributed by atoms with Gasteiger partial charge in [-0.25, -0.2) is 4.79 Å². The first-order valence-corrected chi connectivity index (χ1v) is 5.57. The van der Waals surface area contributed by atoms with Gasteiger partial charge in [0.25, 0.3) is 0 Å². The lowest BCUT2D eigenvalue weighted by molar-refractivity contribution is 0.0689. The van der Waals surface area contributed by atoms with Gasteiger partial charge in [-0.3, -0.25) is 5.10 Å². The van der Waals surface area contributed by atoms with E-state index in [0.717, 1.165) is 11.3 Å². The number of halogens is 1. The van der Waals surface area contributed by atoms with Crippen LogP contribution in [0.2, 0.25) is 5.02 Å². The van der Waals surface area contributed by atoms with Crippen molar-refractivity contribution in [2.45, 2.75) is 13.3 Å². The van der Waals surface area contributed by atoms with E-state index in [2.05, 4.69) is 10.2 Å². The molecule has 0 radical (unpaired) electrons. The fourth-order valence-electron chi connectivity index (χ4n) is 1.74. The summed E-state index contributed by atoms with van der Waals surface area (Å²) in [5.41, 5.74) is 2.41. The van der Waals surface area contributed by atoms with Gasteiger partial charge in [0.05, 0.1) is 5.69 Å². The van der Waals surface area contributed by atoms with Crippen molar-refractivity contribution >= 4 is 17.6 Å². The summed E-state index contributed by atoms with van der Waals surface area (Å²) in [7, 11) is 0. The summed E-state index contributed by atoms with van der Waals surface area (Å²) in [4.78, 5) is 11.0. The number of H-pyrrole nitrogens is 1. The molecule has 2 N–H and O–H groups in total. The van der Waals surface area contributed by atoms with Crippen LogP contribution in [0.5, 0.6) is 0 Å². The normalized spacial score (nSPS) is 10.5. The molecular weight excluding hydrogens is 240 g/mol. The van der Waals surface area contributed by atoms with E-state index >= 15 is 0 Å². The molecule has 1 aromatic heterocycles. The predicted molar refractivity (Wildman–Crippen MR) is 65.4 cm³/mol. The molecule has 0 amide bonds. The molecular formula is C12H11ClN2O2. The van der Waals surface area contributed by atoms with Crippen LogP contribution < -0.4 is 0 Å². The van der Waals surface area contributed by atoms with Crippen LogP contribution in [-0.2, 0) is 6.42 Å². The van der Waals surface area contributed by atoms with E-state index in [4.69, 9.17) is 16.7 Å². The lowest BCUT2D eigenvalue weighted by Gasteiger charge is -2.01. The predicted octanol–water partition coefficient (Wildman–Crippen LogP) is 2.99. The Morgan fingerprint density at radius 3 is 2.59 bits per heavy atom. The highest BCUT2D eigenvalue weighted by Crippen LogP contribution is 2.25. The summed E-state index contributed by atoms with van der Waals surface area (Å²) in [6.45, 7) is 1.90. The molecule has 1 aromatic carbocycles. The Kier molecular flexibility index (Phi) is 3.15. The number of carboxylic acid groups (broad SMARTS) is 1. The Morgan fingerprint density at radius 1 is 1.41 bits per heavy atom. The minimum atomic E-state index is -1.02. The molecule has 0 aliphatic carbocycles. The van der Waals surface area contributed by atoms with Gasteiger partial charge in [-0.2, -0.15) is 5.10 Å². The number of nitrogens with zero attached hydrogens (tertiary/aromatic N) is 1. The molecule has 0 unspecified atom stereocenters. The molecule has 2 rings (SSSR count).